The van der Waals surface area contributed by atoms with E-state index in [4.69, 9.17) is 5.14 Å². The van der Waals surface area contributed by atoms with Crippen LogP contribution in [0.5, 0.6) is 0 Å². The van der Waals surface area contributed by atoms with Gasteiger partial charge in [-0.2, -0.15) is 0 Å². The second-order valence-electron chi connectivity index (χ2n) is 4.23. The molecule has 0 radical (unpaired) electrons. The lowest BCUT2D eigenvalue weighted by Crippen LogP contribution is -2.24. The number of carbonyl (C=O) groups excluding carboxylic acids is 1. The highest BCUT2D eigenvalue weighted by atomic mass is 32.2. The van der Waals surface area contributed by atoms with Crippen LogP contribution in [0.2, 0.25) is 0 Å². The highest BCUT2D eigenvalue weighted by Gasteiger charge is 2.11. The van der Waals surface area contributed by atoms with Crippen LogP contribution in [0.15, 0.2) is 47.6 Å². The summed E-state index contributed by atoms with van der Waals surface area (Å²) in [4.78, 5) is 15.3. The average molecular weight is 309 g/mol. The SMILES string of the molecule is NS(=O)(=O)c1ccc(CNC(=O)c2ccncc2F)cc1. The number of nitrogens with zero attached hydrogens (tertiary/aromatic N) is 1. The van der Waals surface area contributed by atoms with Crippen molar-refractivity contribution in [3.05, 3.63) is 59.7 Å². The van der Waals surface area contributed by atoms with Crippen LogP contribution in [0.25, 0.3) is 0 Å². The number of sulfonamides is 1. The number of carbonyl (C=O) groups is 1. The lowest BCUT2D eigenvalue weighted by molar-refractivity contribution is 0.0946. The Morgan fingerprint density at radius 1 is 1.24 bits per heavy atom. The molecule has 1 amide bonds. The maximum absolute atomic E-state index is 13.3. The first-order valence-electron chi connectivity index (χ1n) is 5.87. The third-order valence-electron chi connectivity index (χ3n) is 2.72. The third kappa shape index (κ3) is 3.83. The zero-order valence-corrected chi connectivity index (χ0v) is 11.6. The van der Waals surface area contributed by atoms with E-state index in [0.717, 1.165) is 6.20 Å². The Balaban J connectivity index is 2.04. The molecule has 0 aliphatic rings. The van der Waals surface area contributed by atoms with Crippen LogP contribution < -0.4 is 10.5 Å². The van der Waals surface area contributed by atoms with Gasteiger partial charge in [0.15, 0.2) is 5.82 Å². The van der Waals surface area contributed by atoms with Crippen LogP contribution in [0.3, 0.4) is 0 Å². The number of rotatable bonds is 4. The third-order valence-corrected chi connectivity index (χ3v) is 3.65. The van der Waals surface area contributed by atoms with Crippen LogP contribution in [0, 0.1) is 5.82 Å². The fraction of sp³-hybridized carbons (Fsp3) is 0.0769. The van der Waals surface area contributed by atoms with Crippen molar-refractivity contribution in [1.29, 1.82) is 0 Å². The average Bonchev–Trinajstić information content (AvgIpc) is 2.45. The first-order chi connectivity index (χ1) is 9.88. The summed E-state index contributed by atoms with van der Waals surface area (Å²) in [7, 11) is -3.74. The van der Waals surface area contributed by atoms with Crippen molar-refractivity contribution in [2.45, 2.75) is 11.4 Å². The van der Waals surface area contributed by atoms with E-state index in [-0.39, 0.29) is 17.0 Å². The normalized spacial score (nSPS) is 11.1. The van der Waals surface area contributed by atoms with E-state index in [1.807, 2.05) is 0 Å². The molecule has 8 heteroatoms. The Morgan fingerprint density at radius 2 is 1.90 bits per heavy atom. The number of halogens is 1. The zero-order valence-electron chi connectivity index (χ0n) is 10.8. The number of nitrogens with two attached hydrogens (primary N) is 1. The number of nitrogens with one attached hydrogen (secondary N) is 1. The molecule has 0 spiro atoms. The fourth-order valence-corrected chi connectivity index (χ4v) is 2.15. The van der Waals surface area contributed by atoms with Crippen LogP contribution >= 0.6 is 0 Å². The zero-order chi connectivity index (χ0) is 15.5. The Hall–Kier alpha value is -2.32. The maximum Gasteiger partial charge on any atom is 0.254 e. The van der Waals surface area contributed by atoms with Gasteiger partial charge >= 0.3 is 0 Å². The summed E-state index contributed by atoms with van der Waals surface area (Å²) in [5.41, 5.74) is 0.552. The van der Waals surface area contributed by atoms with Crippen molar-refractivity contribution in [2.75, 3.05) is 0 Å². The predicted molar refractivity (Wildman–Crippen MR) is 73.2 cm³/mol. The van der Waals surface area contributed by atoms with E-state index in [1.165, 1.54) is 36.5 Å². The molecule has 2 rings (SSSR count). The molecule has 3 N–H and O–H groups in total. The van der Waals surface area contributed by atoms with Gasteiger partial charge < -0.3 is 5.32 Å². The van der Waals surface area contributed by atoms with Crippen LogP contribution in [0.4, 0.5) is 4.39 Å². The quantitative estimate of drug-likeness (QED) is 0.872. The molecular weight excluding hydrogens is 297 g/mol. The smallest absolute Gasteiger partial charge is 0.254 e. The lowest BCUT2D eigenvalue weighted by atomic mass is 10.2. The van der Waals surface area contributed by atoms with Gasteiger partial charge in [0.1, 0.15) is 0 Å². The summed E-state index contributed by atoms with van der Waals surface area (Å²) in [5, 5.41) is 7.50. The molecule has 6 nitrogen and oxygen atoms in total. The van der Waals surface area contributed by atoms with Gasteiger partial charge in [-0.3, -0.25) is 9.78 Å². The first kappa shape index (κ1) is 15.1. The fourth-order valence-electron chi connectivity index (χ4n) is 1.63. The van der Waals surface area contributed by atoms with Crippen molar-refractivity contribution < 1.29 is 17.6 Å². The van der Waals surface area contributed by atoms with Gasteiger partial charge in [0, 0.05) is 12.7 Å². The lowest BCUT2D eigenvalue weighted by Gasteiger charge is -2.06. The van der Waals surface area contributed by atoms with Crippen molar-refractivity contribution in [3.63, 3.8) is 0 Å². The molecule has 1 aromatic heterocycles. The van der Waals surface area contributed by atoms with E-state index >= 15 is 0 Å². The van der Waals surface area contributed by atoms with E-state index in [2.05, 4.69) is 10.3 Å². The summed E-state index contributed by atoms with van der Waals surface area (Å²) in [6, 6.07) is 6.98. The number of primary sulfonamides is 1. The molecule has 0 unspecified atom stereocenters. The molecule has 0 saturated carbocycles. The minimum Gasteiger partial charge on any atom is -0.348 e. The highest BCUT2D eigenvalue weighted by Crippen LogP contribution is 2.09. The van der Waals surface area contributed by atoms with E-state index in [1.54, 1.807) is 0 Å². The molecule has 21 heavy (non-hydrogen) atoms. The second-order valence-corrected chi connectivity index (χ2v) is 5.79. The molecule has 0 fully saturated rings. The Kier molecular flexibility index (Phi) is 4.29. The Bertz CT molecular complexity index is 760. The number of hydrogen-bond donors (Lipinski definition) is 2. The van der Waals surface area contributed by atoms with Gasteiger partial charge in [-0.05, 0) is 23.8 Å². The van der Waals surface area contributed by atoms with Gasteiger partial charge in [0.25, 0.3) is 5.91 Å². The molecule has 0 bridgehead atoms. The Morgan fingerprint density at radius 3 is 2.48 bits per heavy atom. The van der Waals surface area contributed by atoms with Gasteiger partial charge in [0.05, 0.1) is 16.7 Å². The molecule has 0 saturated heterocycles. The monoisotopic (exact) mass is 309 g/mol. The molecule has 0 atom stereocenters. The number of aromatic nitrogens is 1. The van der Waals surface area contributed by atoms with Crippen LogP contribution in [-0.2, 0) is 16.6 Å². The van der Waals surface area contributed by atoms with Gasteiger partial charge in [-0.15, -0.1) is 0 Å². The van der Waals surface area contributed by atoms with Crippen molar-refractivity contribution in [3.8, 4) is 0 Å². The Labute approximate surface area is 120 Å². The van der Waals surface area contributed by atoms with Gasteiger partial charge in [-0.1, -0.05) is 12.1 Å². The summed E-state index contributed by atoms with van der Waals surface area (Å²) in [5.74, 6) is -1.29. The molecular formula is C13H12FN3O3S. The summed E-state index contributed by atoms with van der Waals surface area (Å²) in [6.45, 7) is 0.130. The number of benzene rings is 1. The minimum absolute atomic E-state index is 0.0160. The maximum atomic E-state index is 13.3. The molecule has 1 heterocycles. The molecule has 110 valence electrons. The van der Waals surface area contributed by atoms with Crippen LogP contribution in [-0.4, -0.2) is 19.3 Å². The van der Waals surface area contributed by atoms with Crippen molar-refractivity contribution >= 4 is 15.9 Å². The minimum atomic E-state index is -3.74. The topological polar surface area (TPSA) is 102 Å². The highest BCUT2D eigenvalue weighted by molar-refractivity contribution is 7.89. The largest absolute Gasteiger partial charge is 0.348 e. The number of pyridine rings is 1. The van der Waals surface area contributed by atoms with Crippen molar-refractivity contribution in [1.82, 2.24) is 10.3 Å². The molecule has 1 aromatic carbocycles. The summed E-state index contributed by atoms with van der Waals surface area (Å²) >= 11 is 0. The summed E-state index contributed by atoms with van der Waals surface area (Å²) < 4.78 is 35.5. The molecule has 0 aliphatic heterocycles. The van der Waals surface area contributed by atoms with Gasteiger partial charge in [0.2, 0.25) is 10.0 Å². The van der Waals surface area contributed by atoms with Crippen molar-refractivity contribution in [2.24, 2.45) is 5.14 Å². The van der Waals surface area contributed by atoms with E-state index in [0.29, 0.717) is 5.56 Å². The summed E-state index contributed by atoms with van der Waals surface area (Å²) in [6.07, 6.45) is 2.27. The molecule has 2 aromatic rings. The first-order valence-corrected chi connectivity index (χ1v) is 7.42. The standard InChI is InChI=1S/C13H12FN3O3S/c14-12-8-16-6-5-11(12)13(18)17-7-9-1-3-10(4-2-9)21(15,19)20/h1-6,8H,7H2,(H,17,18)(H2,15,19,20). The predicted octanol–water partition coefficient (Wildman–Crippen LogP) is 0.798. The molecule has 0 aliphatic carbocycles. The van der Waals surface area contributed by atoms with E-state index in [9.17, 15) is 17.6 Å². The van der Waals surface area contributed by atoms with Crippen LogP contribution in [0.1, 0.15) is 15.9 Å². The second kappa shape index (κ2) is 5.98. The van der Waals surface area contributed by atoms with E-state index < -0.39 is 21.7 Å². The number of hydrogen-bond acceptors (Lipinski definition) is 4. The number of amides is 1. The van der Waals surface area contributed by atoms with Gasteiger partial charge in [-0.25, -0.2) is 17.9 Å².